The van der Waals surface area contributed by atoms with Gasteiger partial charge in [-0.1, -0.05) is 0 Å². The molecule has 0 aliphatic rings. The number of sulfonamides is 1. The number of benzene rings is 1. The number of nitrogens with zero attached hydrogens (tertiary/aromatic N) is 2. The second-order valence-electron chi connectivity index (χ2n) is 6.81. The number of anilines is 3. The molecule has 0 saturated carbocycles. The van der Waals surface area contributed by atoms with E-state index < -0.39 is 49.6 Å². The fraction of sp³-hybridized carbons (Fsp3) is 0.150. The number of ether oxygens (including phenoxy) is 1. The van der Waals surface area contributed by atoms with Crippen molar-refractivity contribution in [1.29, 1.82) is 5.41 Å². The summed E-state index contributed by atoms with van der Waals surface area (Å²) in [6.45, 7) is 1.42. The smallest absolute Gasteiger partial charge is 0.267 e. The average Bonchev–Trinajstić information content (AvgIpc) is 2.76. The van der Waals surface area contributed by atoms with Crippen molar-refractivity contribution < 1.29 is 26.3 Å². The zero-order valence-corrected chi connectivity index (χ0v) is 18.2. The first kappa shape index (κ1) is 23.8. The molecule has 0 aliphatic heterocycles. The molecule has 5 N–H and O–H groups in total. The summed E-state index contributed by atoms with van der Waals surface area (Å²) in [6, 6.07) is 3.95. The van der Waals surface area contributed by atoms with Crippen LogP contribution in [-0.2, 0) is 16.6 Å². The first-order valence-electron chi connectivity index (χ1n) is 9.27. The Morgan fingerprint density at radius 1 is 1.18 bits per heavy atom. The lowest BCUT2D eigenvalue weighted by Gasteiger charge is -2.15. The summed E-state index contributed by atoms with van der Waals surface area (Å²) in [4.78, 5) is 6.82. The lowest BCUT2D eigenvalue weighted by atomic mass is 10.1. The lowest BCUT2D eigenvalue weighted by Crippen LogP contribution is -2.17. The van der Waals surface area contributed by atoms with Gasteiger partial charge in [-0.15, -0.1) is 0 Å². The summed E-state index contributed by atoms with van der Waals surface area (Å²) >= 11 is 0. The van der Waals surface area contributed by atoms with Crippen LogP contribution in [0.15, 0.2) is 41.6 Å². The van der Waals surface area contributed by atoms with Gasteiger partial charge in [-0.3, -0.25) is 4.72 Å². The highest BCUT2D eigenvalue weighted by atomic mass is 32.2. The number of nitrogens with one attached hydrogen (secondary N) is 3. The molecule has 0 amide bonds. The van der Waals surface area contributed by atoms with Crippen LogP contribution in [0.3, 0.4) is 0 Å². The van der Waals surface area contributed by atoms with Crippen LogP contribution in [-0.4, -0.2) is 31.2 Å². The summed E-state index contributed by atoms with van der Waals surface area (Å²) in [5.74, 6) is -3.42. The molecule has 0 spiro atoms. The maximum Gasteiger partial charge on any atom is 0.267 e. The third kappa shape index (κ3) is 5.14. The highest BCUT2D eigenvalue weighted by Crippen LogP contribution is 2.30. The SMILES string of the molecule is COc1ncc(F)cc1S(=O)(=O)Nc1ccc(F)c(NCc2cnc(N)c(C(C)=N)c2)c1F. The molecular formula is C20H19F3N6O3S. The molecule has 0 atom stereocenters. The van der Waals surface area contributed by atoms with Crippen molar-refractivity contribution in [2.45, 2.75) is 18.4 Å². The van der Waals surface area contributed by atoms with Crippen molar-refractivity contribution in [3.8, 4) is 5.88 Å². The van der Waals surface area contributed by atoms with Gasteiger partial charge < -0.3 is 21.2 Å². The van der Waals surface area contributed by atoms with E-state index in [9.17, 15) is 21.6 Å². The van der Waals surface area contributed by atoms with Crippen LogP contribution in [0.5, 0.6) is 5.88 Å². The van der Waals surface area contributed by atoms with Gasteiger partial charge in [-0.25, -0.2) is 31.6 Å². The summed E-state index contributed by atoms with van der Waals surface area (Å²) in [7, 11) is -3.40. The number of hydrogen-bond acceptors (Lipinski definition) is 8. The maximum absolute atomic E-state index is 15.0. The fourth-order valence-electron chi connectivity index (χ4n) is 2.85. The van der Waals surface area contributed by atoms with Gasteiger partial charge in [-0.2, -0.15) is 0 Å². The first-order valence-corrected chi connectivity index (χ1v) is 10.8. The van der Waals surface area contributed by atoms with Gasteiger partial charge in [0.05, 0.1) is 19.0 Å². The van der Waals surface area contributed by atoms with Gasteiger partial charge in [0.25, 0.3) is 10.0 Å². The fourth-order valence-corrected chi connectivity index (χ4v) is 4.04. The number of rotatable bonds is 8. The van der Waals surface area contributed by atoms with E-state index in [-0.39, 0.29) is 18.1 Å². The van der Waals surface area contributed by atoms with Crippen LogP contribution < -0.4 is 20.5 Å². The molecule has 0 aliphatic carbocycles. The van der Waals surface area contributed by atoms with E-state index in [4.69, 9.17) is 15.9 Å². The van der Waals surface area contributed by atoms with Crippen LogP contribution in [0.25, 0.3) is 0 Å². The Hall–Kier alpha value is -3.87. The van der Waals surface area contributed by atoms with Crippen molar-refractivity contribution in [1.82, 2.24) is 9.97 Å². The summed E-state index contributed by atoms with van der Waals surface area (Å²) in [5, 5.41) is 10.2. The van der Waals surface area contributed by atoms with Crippen LogP contribution in [0.4, 0.5) is 30.4 Å². The van der Waals surface area contributed by atoms with Crippen LogP contribution >= 0.6 is 0 Å². The van der Waals surface area contributed by atoms with E-state index in [0.717, 1.165) is 25.4 Å². The summed E-state index contributed by atoms with van der Waals surface area (Å²) in [5.41, 5.74) is 5.53. The molecule has 3 rings (SSSR count). The third-order valence-electron chi connectivity index (χ3n) is 4.45. The molecule has 0 bridgehead atoms. The van der Waals surface area contributed by atoms with Gasteiger partial charge in [-0.05, 0) is 30.7 Å². The van der Waals surface area contributed by atoms with Gasteiger partial charge in [0, 0.05) is 30.1 Å². The van der Waals surface area contributed by atoms with Crippen molar-refractivity contribution in [2.24, 2.45) is 0 Å². The van der Waals surface area contributed by atoms with E-state index in [1.165, 1.54) is 13.1 Å². The predicted octanol–water partition coefficient (Wildman–Crippen LogP) is 3.29. The number of halogens is 3. The summed E-state index contributed by atoms with van der Waals surface area (Å²) < 4.78 is 75.0. The average molecular weight is 480 g/mol. The molecule has 0 radical (unpaired) electrons. The maximum atomic E-state index is 15.0. The number of pyridine rings is 2. The van der Waals surface area contributed by atoms with E-state index >= 15 is 0 Å². The Morgan fingerprint density at radius 3 is 2.58 bits per heavy atom. The van der Waals surface area contributed by atoms with E-state index in [0.29, 0.717) is 17.2 Å². The molecule has 0 saturated heterocycles. The lowest BCUT2D eigenvalue weighted by molar-refractivity contribution is 0.382. The molecule has 1 aromatic carbocycles. The first-order chi connectivity index (χ1) is 15.5. The standard InChI is InChI=1S/C20H19F3N6O3S/c1-10(24)13-5-11(8-27-19(13)25)7-26-18-14(22)3-4-15(17(18)23)29-33(30,31)16-6-12(21)9-28-20(16)32-2/h3-6,8-9,24,26,29H,7H2,1-2H3,(H2,25,27). The van der Waals surface area contributed by atoms with Crippen LogP contribution in [0.1, 0.15) is 18.1 Å². The van der Waals surface area contributed by atoms with E-state index in [1.54, 1.807) is 6.07 Å². The Bertz CT molecular complexity index is 1330. The van der Waals surface area contributed by atoms with Crippen LogP contribution in [0.2, 0.25) is 0 Å². The Morgan fingerprint density at radius 2 is 1.91 bits per heavy atom. The quantitative estimate of drug-likeness (QED) is 0.362. The highest BCUT2D eigenvalue weighted by Gasteiger charge is 2.25. The summed E-state index contributed by atoms with van der Waals surface area (Å²) in [6.07, 6.45) is 2.14. The molecule has 174 valence electrons. The monoisotopic (exact) mass is 480 g/mol. The molecular weight excluding hydrogens is 461 g/mol. The third-order valence-corrected chi connectivity index (χ3v) is 5.81. The molecule has 2 aromatic heterocycles. The number of hydrogen-bond donors (Lipinski definition) is 4. The van der Waals surface area contributed by atoms with E-state index in [2.05, 4.69) is 15.3 Å². The molecule has 3 aromatic rings. The van der Waals surface area contributed by atoms with E-state index in [1.807, 2.05) is 4.72 Å². The largest absolute Gasteiger partial charge is 0.480 e. The van der Waals surface area contributed by atoms with Gasteiger partial charge >= 0.3 is 0 Å². The Balaban J connectivity index is 1.90. The minimum Gasteiger partial charge on any atom is -0.480 e. The predicted molar refractivity (Wildman–Crippen MR) is 116 cm³/mol. The van der Waals surface area contributed by atoms with Crippen LogP contribution in [0, 0.1) is 22.9 Å². The van der Waals surface area contributed by atoms with Gasteiger partial charge in [0.2, 0.25) is 5.88 Å². The second-order valence-corrected chi connectivity index (χ2v) is 8.46. The number of methoxy groups -OCH3 is 1. The Labute approximate surface area is 187 Å². The Kier molecular flexibility index (Phi) is 6.72. The molecule has 0 fully saturated rings. The van der Waals surface area contributed by atoms with Gasteiger partial charge in [0.15, 0.2) is 10.7 Å². The normalized spacial score (nSPS) is 11.2. The molecule has 33 heavy (non-hydrogen) atoms. The zero-order valence-electron chi connectivity index (χ0n) is 17.4. The van der Waals surface area contributed by atoms with Gasteiger partial charge in [0.1, 0.15) is 23.1 Å². The number of nitrogen functional groups attached to an aromatic ring is 1. The molecule has 9 nitrogen and oxygen atoms in total. The van der Waals surface area contributed by atoms with Crippen molar-refractivity contribution in [2.75, 3.05) is 22.9 Å². The zero-order chi connectivity index (χ0) is 24.3. The van der Waals surface area contributed by atoms with Crippen molar-refractivity contribution in [3.05, 3.63) is 65.2 Å². The van der Waals surface area contributed by atoms with Crippen molar-refractivity contribution >= 4 is 32.9 Å². The topological polar surface area (TPSA) is 143 Å². The number of aromatic nitrogens is 2. The number of nitrogens with two attached hydrogens (primary N) is 1. The minimum absolute atomic E-state index is 0.0980. The molecule has 2 heterocycles. The minimum atomic E-state index is -4.53. The highest BCUT2D eigenvalue weighted by molar-refractivity contribution is 7.92. The molecule has 13 heteroatoms. The molecule has 0 unspecified atom stereocenters. The van der Waals surface area contributed by atoms with Crippen molar-refractivity contribution in [3.63, 3.8) is 0 Å². The second kappa shape index (κ2) is 9.32.